The summed E-state index contributed by atoms with van der Waals surface area (Å²) < 4.78 is 65.5. The summed E-state index contributed by atoms with van der Waals surface area (Å²) in [7, 11) is 1.97. The average molecular weight is 514 g/mol. The van der Waals surface area contributed by atoms with Crippen molar-refractivity contribution in [2.45, 2.75) is 25.4 Å². The fourth-order valence-corrected chi connectivity index (χ4v) is 2.88. The van der Waals surface area contributed by atoms with Crippen LogP contribution < -0.4 is 0 Å². The number of nitrogens with zero attached hydrogens (tertiary/aromatic N) is 3. The molecular formula is C16H18ClF6N3O5S. The number of aryl methyl sites for hydroxylation is 1. The fraction of sp³-hybridized carbons (Fsp3) is 0.438. The third-order valence-electron chi connectivity index (χ3n) is 3.25. The van der Waals surface area contributed by atoms with Gasteiger partial charge in [0.15, 0.2) is 0 Å². The van der Waals surface area contributed by atoms with Gasteiger partial charge in [0.05, 0.1) is 18.2 Å². The minimum Gasteiger partial charge on any atom is -0.475 e. The molecule has 2 rings (SSSR count). The van der Waals surface area contributed by atoms with E-state index in [4.69, 9.17) is 36.5 Å². The van der Waals surface area contributed by atoms with Crippen molar-refractivity contribution in [2.75, 3.05) is 13.2 Å². The maximum absolute atomic E-state index is 10.6. The lowest BCUT2D eigenvalue weighted by Crippen LogP contribution is -2.27. The molecule has 0 fully saturated rings. The van der Waals surface area contributed by atoms with Crippen molar-refractivity contribution in [1.29, 1.82) is 0 Å². The second-order valence-corrected chi connectivity index (χ2v) is 7.09. The second-order valence-electron chi connectivity index (χ2n) is 5.69. The number of imidazole rings is 1. The van der Waals surface area contributed by atoms with Crippen LogP contribution >= 0.6 is 22.9 Å². The molecule has 0 aliphatic rings. The van der Waals surface area contributed by atoms with Gasteiger partial charge < -0.3 is 19.9 Å². The highest BCUT2D eigenvalue weighted by molar-refractivity contribution is 7.10. The van der Waals surface area contributed by atoms with E-state index in [1.54, 1.807) is 17.5 Å². The Bertz CT molecular complexity index is 790. The number of carboxylic acids is 2. The van der Waals surface area contributed by atoms with Crippen LogP contribution in [0.25, 0.3) is 0 Å². The van der Waals surface area contributed by atoms with Gasteiger partial charge in [0.25, 0.3) is 0 Å². The molecule has 0 aliphatic heterocycles. The third kappa shape index (κ3) is 11.9. The summed E-state index contributed by atoms with van der Waals surface area (Å²) >= 11 is 7.74. The maximum Gasteiger partial charge on any atom is 0.490 e. The molecule has 0 unspecified atom stereocenters. The molecule has 3 N–H and O–H groups in total. The minimum absolute atomic E-state index is 0.132. The number of hydrogen-bond donors (Lipinski definition) is 3. The van der Waals surface area contributed by atoms with E-state index in [0.717, 1.165) is 22.3 Å². The molecule has 0 spiro atoms. The summed E-state index contributed by atoms with van der Waals surface area (Å²) in [5.74, 6) is -4.53. The summed E-state index contributed by atoms with van der Waals surface area (Å²) in [5, 5.41) is 26.2. The Hall–Kier alpha value is -2.36. The summed E-state index contributed by atoms with van der Waals surface area (Å²) in [6.45, 7) is 2.19. The van der Waals surface area contributed by atoms with Gasteiger partial charge in [-0.2, -0.15) is 26.3 Å². The Morgan fingerprint density at radius 1 is 1.12 bits per heavy atom. The fourth-order valence-electron chi connectivity index (χ4n) is 1.75. The van der Waals surface area contributed by atoms with Gasteiger partial charge >= 0.3 is 24.3 Å². The highest BCUT2D eigenvalue weighted by Crippen LogP contribution is 2.24. The van der Waals surface area contributed by atoms with Crippen LogP contribution in [0.2, 0.25) is 5.02 Å². The lowest BCUT2D eigenvalue weighted by molar-refractivity contribution is -0.193. The first-order valence-electron chi connectivity index (χ1n) is 8.21. The van der Waals surface area contributed by atoms with E-state index >= 15 is 0 Å². The summed E-state index contributed by atoms with van der Waals surface area (Å²) in [4.78, 5) is 25.4. The standard InChI is InChI=1S/C12H16ClN3OS.2C2HF3O2/c1-15-4-3-14-12(15)9-16(5-6-17)8-11-10(13)2-7-18-11;2*3-2(4,5)1(6)7/h2-4,7,17H,5-6,8-9H2,1H3;2*(H,6,7). The Labute approximate surface area is 186 Å². The third-order valence-corrected chi connectivity index (χ3v) is 4.62. The Morgan fingerprint density at radius 2 is 1.62 bits per heavy atom. The Morgan fingerprint density at radius 3 is 1.94 bits per heavy atom. The molecule has 0 amide bonds. The number of alkyl halides is 6. The van der Waals surface area contributed by atoms with Crippen LogP contribution in [0.5, 0.6) is 0 Å². The van der Waals surface area contributed by atoms with Crippen molar-refractivity contribution >= 4 is 34.9 Å². The van der Waals surface area contributed by atoms with Gasteiger partial charge in [-0.1, -0.05) is 11.6 Å². The van der Waals surface area contributed by atoms with Crippen LogP contribution in [-0.4, -0.2) is 67.2 Å². The number of rotatable bonds is 6. The van der Waals surface area contributed by atoms with Crippen molar-refractivity contribution in [3.8, 4) is 0 Å². The Kier molecular flexibility index (Phi) is 12.3. The molecule has 0 bridgehead atoms. The molecule has 0 saturated heterocycles. The van der Waals surface area contributed by atoms with Crippen LogP contribution in [0.15, 0.2) is 23.8 Å². The van der Waals surface area contributed by atoms with Crippen LogP contribution in [0.3, 0.4) is 0 Å². The van der Waals surface area contributed by atoms with E-state index < -0.39 is 24.3 Å². The number of thiophene rings is 1. The average Bonchev–Trinajstić information content (AvgIpc) is 3.23. The summed E-state index contributed by atoms with van der Waals surface area (Å²) in [6.07, 6.45) is -6.46. The molecule has 0 aliphatic carbocycles. The van der Waals surface area contributed by atoms with Gasteiger partial charge in [0, 0.05) is 37.4 Å². The molecule has 0 aromatic carbocycles. The SMILES string of the molecule is Cn1ccnc1CN(CCO)Cc1sccc1Cl.O=C(O)C(F)(F)F.O=C(O)C(F)(F)F. The van der Waals surface area contributed by atoms with Crippen LogP contribution in [0.4, 0.5) is 26.3 Å². The first kappa shape index (κ1) is 29.6. The van der Waals surface area contributed by atoms with Gasteiger partial charge in [-0.25, -0.2) is 14.6 Å². The lowest BCUT2D eigenvalue weighted by Gasteiger charge is -2.20. The van der Waals surface area contributed by atoms with E-state index in [2.05, 4.69) is 9.88 Å². The van der Waals surface area contributed by atoms with Gasteiger partial charge in [0.2, 0.25) is 0 Å². The first-order chi connectivity index (χ1) is 14.6. The largest absolute Gasteiger partial charge is 0.490 e. The van der Waals surface area contributed by atoms with E-state index in [0.29, 0.717) is 13.1 Å². The zero-order valence-electron chi connectivity index (χ0n) is 16.2. The quantitative estimate of drug-likeness (QED) is 0.507. The molecule has 0 radical (unpaired) electrons. The summed E-state index contributed by atoms with van der Waals surface area (Å²) in [5.41, 5.74) is 0. The number of hydrogen-bond acceptors (Lipinski definition) is 6. The van der Waals surface area contributed by atoms with Crippen LogP contribution in [-0.2, 0) is 29.7 Å². The molecule has 16 heteroatoms. The number of aliphatic carboxylic acids is 2. The predicted octanol–water partition coefficient (Wildman–Crippen LogP) is 3.40. The number of carbonyl (C=O) groups is 2. The van der Waals surface area contributed by atoms with E-state index in [9.17, 15) is 26.3 Å². The molecule has 2 heterocycles. The Balaban J connectivity index is 0.000000570. The maximum atomic E-state index is 10.6. The van der Waals surface area contributed by atoms with Crippen molar-refractivity contribution in [2.24, 2.45) is 7.05 Å². The second kappa shape index (κ2) is 13.2. The van der Waals surface area contributed by atoms with Crippen molar-refractivity contribution in [1.82, 2.24) is 14.5 Å². The van der Waals surface area contributed by atoms with Crippen molar-refractivity contribution in [3.63, 3.8) is 0 Å². The zero-order valence-corrected chi connectivity index (χ0v) is 17.8. The molecule has 2 aromatic heterocycles. The molecule has 182 valence electrons. The van der Waals surface area contributed by atoms with Crippen LogP contribution in [0.1, 0.15) is 10.7 Å². The van der Waals surface area contributed by atoms with E-state index in [1.807, 2.05) is 29.3 Å². The van der Waals surface area contributed by atoms with E-state index in [-0.39, 0.29) is 6.61 Å². The van der Waals surface area contributed by atoms with Crippen LogP contribution in [0, 0.1) is 0 Å². The van der Waals surface area contributed by atoms with Gasteiger partial charge in [-0.15, -0.1) is 11.3 Å². The molecule has 8 nitrogen and oxygen atoms in total. The monoisotopic (exact) mass is 513 g/mol. The number of aliphatic hydroxyl groups is 1. The molecule has 2 aromatic rings. The smallest absolute Gasteiger partial charge is 0.475 e. The van der Waals surface area contributed by atoms with Crippen molar-refractivity contribution in [3.05, 3.63) is 39.6 Å². The molecule has 0 atom stereocenters. The molecule has 32 heavy (non-hydrogen) atoms. The number of aromatic nitrogens is 2. The highest BCUT2D eigenvalue weighted by atomic mass is 35.5. The predicted molar refractivity (Wildman–Crippen MR) is 101 cm³/mol. The van der Waals surface area contributed by atoms with Gasteiger partial charge in [0.1, 0.15) is 5.82 Å². The topological polar surface area (TPSA) is 116 Å². The number of halogens is 7. The van der Waals surface area contributed by atoms with Gasteiger partial charge in [-0.3, -0.25) is 4.90 Å². The highest BCUT2D eigenvalue weighted by Gasteiger charge is 2.38. The van der Waals surface area contributed by atoms with Crippen molar-refractivity contribution < 1.29 is 51.3 Å². The number of carboxylic acid groups (broad SMARTS) is 2. The molecular weight excluding hydrogens is 496 g/mol. The normalized spacial score (nSPS) is 11.3. The lowest BCUT2D eigenvalue weighted by atomic mass is 10.4. The minimum atomic E-state index is -5.08. The molecule has 0 saturated carbocycles. The summed E-state index contributed by atoms with van der Waals surface area (Å²) in [6, 6.07) is 1.90. The first-order valence-corrected chi connectivity index (χ1v) is 9.46. The number of aliphatic hydroxyl groups excluding tert-OH is 1. The van der Waals surface area contributed by atoms with E-state index in [1.165, 1.54) is 0 Å². The zero-order chi connectivity index (χ0) is 25.1. The van der Waals surface area contributed by atoms with Gasteiger partial charge in [-0.05, 0) is 11.4 Å².